The Bertz CT molecular complexity index is 499. The summed E-state index contributed by atoms with van der Waals surface area (Å²) in [7, 11) is -3.34. The zero-order valence-electron chi connectivity index (χ0n) is 17.5. The van der Waals surface area contributed by atoms with Crippen molar-refractivity contribution in [2.24, 2.45) is 0 Å². The molecule has 0 amide bonds. The molecule has 1 rings (SSSR count). The number of aromatic nitrogens is 2. The number of hydrogen-bond acceptors (Lipinski definition) is 3. The van der Waals surface area contributed by atoms with E-state index in [-0.39, 0.29) is 11.1 Å². The molecular weight excluding hydrogens is 330 g/mol. The van der Waals surface area contributed by atoms with Crippen LogP contribution in [0.15, 0.2) is 18.5 Å². The van der Waals surface area contributed by atoms with Gasteiger partial charge >= 0.3 is 0 Å². The maximum absolute atomic E-state index is 6.72. The van der Waals surface area contributed by atoms with Crippen molar-refractivity contribution in [2.75, 3.05) is 6.54 Å². The van der Waals surface area contributed by atoms with Crippen LogP contribution in [0.3, 0.4) is 0 Å². The fraction of sp³-hybridized carbons (Fsp3) is 0.833. The van der Waals surface area contributed by atoms with E-state index >= 15 is 0 Å². The van der Waals surface area contributed by atoms with Gasteiger partial charge in [-0.15, -0.1) is 0 Å². The van der Waals surface area contributed by atoms with E-state index in [1.807, 2.05) is 23.1 Å². The Balaban J connectivity index is 2.86. The standard InChI is InChI=1S/C18H39N3OSi2/c1-17(2,3)23(7,8)20-14-16(15-21-13-11-12-19-21)22-24(9,10)18(4,5)6/h11-13,16,20H,14-15H2,1-10H3/t16-/m1/s1. The lowest BCUT2D eigenvalue weighted by atomic mass is 10.2. The van der Waals surface area contributed by atoms with E-state index in [4.69, 9.17) is 4.43 Å². The van der Waals surface area contributed by atoms with Gasteiger partial charge in [0.05, 0.1) is 12.6 Å². The minimum atomic E-state index is -1.81. The summed E-state index contributed by atoms with van der Waals surface area (Å²) in [4.78, 5) is 3.88. The predicted molar refractivity (Wildman–Crippen MR) is 109 cm³/mol. The third-order valence-electron chi connectivity index (χ3n) is 5.86. The van der Waals surface area contributed by atoms with E-state index < -0.39 is 16.6 Å². The lowest BCUT2D eigenvalue weighted by Gasteiger charge is -2.42. The summed E-state index contributed by atoms with van der Waals surface area (Å²) in [6.07, 6.45) is 4.01. The first-order valence-corrected chi connectivity index (χ1v) is 15.0. The normalized spacial score (nSPS) is 15.6. The van der Waals surface area contributed by atoms with Gasteiger partial charge in [-0.1, -0.05) is 54.6 Å². The molecule has 1 aromatic heterocycles. The molecule has 0 aliphatic carbocycles. The van der Waals surface area contributed by atoms with Gasteiger partial charge in [0, 0.05) is 18.9 Å². The van der Waals surface area contributed by atoms with Gasteiger partial charge in [0.25, 0.3) is 0 Å². The smallest absolute Gasteiger partial charge is 0.192 e. The summed E-state index contributed by atoms with van der Waals surface area (Å²) >= 11 is 0. The summed E-state index contributed by atoms with van der Waals surface area (Å²) in [6.45, 7) is 25.1. The molecule has 24 heavy (non-hydrogen) atoms. The number of nitrogens with one attached hydrogen (secondary N) is 1. The van der Waals surface area contributed by atoms with E-state index in [2.05, 4.69) is 77.8 Å². The van der Waals surface area contributed by atoms with Crippen molar-refractivity contribution in [1.29, 1.82) is 0 Å². The Morgan fingerprint density at radius 2 is 1.62 bits per heavy atom. The largest absolute Gasteiger partial charge is 0.411 e. The molecule has 1 heterocycles. The summed E-state index contributed by atoms with van der Waals surface area (Å²) in [6, 6.07) is 1.98. The molecule has 0 aliphatic heterocycles. The van der Waals surface area contributed by atoms with Gasteiger partial charge in [-0.3, -0.25) is 4.68 Å². The van der Waals surface area contributed by atoms with Gasteiger partial charge in [0.2, 0.25) is 0 Å². The molecule has 0 unspecified atom stereocenters. The molecule has 6 heteroatoms. The maximum Gasteiger partial charge on any atom is 0.192 e. The minimum Gasteiger partial charge on any atom is -0.411 e. The second kappa shape index (κ2) is 7.44. The van der Waals surface area contributed by atoms with Gasteiger partial charge in [-0.05, 0) is 29.2 Å². The highest BCUT2D eigenvalue weighted by Gasteiger charge is 2.40. The Labute approximate surface area is 151 Å². The van der Waals surface area contributed by atoms with Crippen LogP contribution in [0.4, 0.5) is 0 Å². The van der Waals surface area contributed by atoms with E-state index in [1.54, 1.807) is 0 Å². The van der Waals surface area contributed by atoms with Crippen LogP contribution in [0.1, 0.15) is 41.5 Å². The zero-order chi connectivity index (χ0) is 18.8. The molecule has 1 N–H and O–H groups in total. The van der Waals surface area contributed by atoms with E-state index in [9.17, 15) is 0 Å². The van der Waals surface area contributed by atoms with Gasteiger partial charge in [0.15, 0.2) is 8.32 Å². The lowest BCUT2D eigenvalue weighted by molar-refractivity contribution is 0.159. The van der Waals surface area contributed by atoms with Crippen molar-refractivity contribution in [1.82, 2.24) is 14.8 Å². The second-order valence-electron chi connectivity index (χ2n) is 9.98. The van der Waals surface area contributed by atoms with Crippen LogP contribution in [0.2, 0.25) is 36.3 Å². The van der Waals surface area contributed by atoms with Crippen molar-refractivity contribution in [3.05, 3.63) is 18.5 Å². The van der Waals surface area contributed by atoms with Crippen molar-refractivity contribution < 1.29 is 4.43 Å². The summed E-state index contributed by atoms with van der Waals surface area (Å²) in [5.41, 5.74) is 0. The Morgan fingerprint density at radius 3 is 2.04 bits per heavy atom. The van der Waals surface area contributed by atoms with Crippen LogP contribution >= 0.6 is 0 Å². The lowest BCUT2D eigenvalue weighted by Crippen LogP contribution is -2.56. The van der Waals surface area contributed by atoms with Crippen LogP contribution < -0.4 is 4.98 Å². The van der Waals surface area contributed by atoms with Gasteiger partial charge in [0.1, 0.15) is 8.24 Å². The molecule has 0 aliphatic rings. The molecule has 4 nitrogen and oxygen atoms in total. The number of nitrogens with zero attached hydrogens (tertiary/aromatic N) is 2. The average molecular weight is 370 g/mol. The monoisotopic (exact) mass is 369 g/mol. The van der Waals surface area contributed by atoms with Crippen molar-refractivity contribution in [2.45, 2.75) is 90.5 Å². The van der Waals surface area contributed by atoms with Crippen molar-refractivity contribution in [3.8, 4) is 0 Å². The van der Waals surface area contributed by atoms with Crippen molar-refractivity contribution in [3.63, 3.8) is 0 Å². The number of rotatable bonds is 7. The van der Waals surface area contributed by atoms with Crippen LogP contribution in [0.5, 0.6) is 0 Å². The second-order valence-corrected chi connectivity index (χ2v) is 19.8. The van der Waals surface area contributed by atoms with Crippen molar-refractivity contribution >= 4 is 16.6 Å². The first-order valence-electron chi connectivity index (χ1n) is 9.06. The Kier molecular flexibility index (Phi) is 6.69. The summed E-state index contributed by atoms with van der Waals surface area (Å²) < 4.78 is 8.71. The Hall–Kier alpha value is -0.436. The van der Waals surface area contributed by atoms with Crippen LogP contribution in [-0.4, -0.2) is 39.0 Å². The first-order chi connectivity index (χ1) is 10.7. The Morgan fingerprint density at radius 1 is 1.04 bits per heavy atom. The third-order valence-corrected chi connectivity index (χ3v) is 15.2. The summed E-state index contributed by atoms with van der Waals surface area (Å²) in [5, 5.41) is 4.91. The molecule has 0 fully saturated rings. The molecule has 0 bridgehead atoms. The van der Waals surface area contributed by atoms with Crippen LogP contribution in [0.25, 0.3) is 0 Å². The van der Waals surface area contributed by atoms with E-state index in [0.29, 0.717) is 5.04 Å². The molecule has 0 radical (unpaired) electrons. The number of hydrogen-bond donors (Lipinski definition) is 1. The fourth-order valence-corrected chi connectivity index (χ4v) is 4.60. The molecule has 1 aromatic rings. The third kappa shape index (κ3) is 5.83. The average Bonchev–Trinajstić information content (AvgIpc) is 2.85. The predicted octanol–water partition coefficient (Wildman–Crippen LogP) is 4.87. The van der Waals surface area contributed by atoms with Crippen LogP contribution in [0, 0.1) is 0 Å². The molecule has 140 valence electrons. The first kappa shape index (κ1) is 21.6. The molecule has 0 aromatic carbocycles. The van der Waals surface area contributed by atoms with E-state index in [0.717, 1.165) is 13.1 Å². The van der Waals surface area contributed by atoms with Gasteiger partial charge in [-0.25, -0.2) is 0 Å². The van der Waals surface area contributed by atoms with E-state index in [1.165, 1.54) is 0 Å². The topological polar surface area (TPSA) is 39.1 Å². The highest BCUT2D eigenvalue weighted by molar-refractivity contribution is 6.77. The molecule has 0 saturated heterocycles. The molecular formula is C18H39N3OSi2. The van der Waals surface area contributed by atoms with Crippen LogP contribution in [-0.2, 0) is 11.0 Å². The molecule has 0 saturated carbocycles. The summed E-state index contributed by atoms with van der Waals surface area (Å²) in [5.74, 6) is 0. The molecule has 1 atom stereocenters. The SMILES string of the molecule is CC(C)(C)[Si](C)(C)NC[C@H](Cn1cccn1)O[Si](C)(C)C(C)(C)C. The highest BCUT2D eigenvalue weighted by atomic mass is 28.4. The fourth-order valence-electron chi connectivity index (χ4n) is 1.99. The van der Waals surface area contributed by atoms with Gasteiger partial charge in [-0.2, -0.15) is 5.10 Å². The maximum atomic E-state index is 6.72. The zero-order valence-corrected chi connectivity index (χ0v) is 19.5. The quantitative estimate of drug-likeness (QED) is 0.697. The van der Waals surface area contributed by atoms with Gasteiger partial charge < -0.3 is 9.41 Å². The highest BCUT2D eigenvalue weighted by Crippen LogP contribution is 2.38. The molecule has 0 spiro atoms. The minimum absolute atomic E-state index is 0.153.